The van der Waals surface area contributed by atoms with E-state index in [1.54, 1.807) is 7.11 Å². The van der Waals surface area contributed by atoms with Crippen LogP contribution in [0.1, 0.15) is 11.6 Å². The highest BCUT2D eigenvalue weighted by atomic mass is 79.9. The quantitative estimate of drug-likeness (QED) is 0.819. The van der Waals surface area contributed by atoms with Gasteiger partial charge in [-0.2, -0.15) is 0 Å². The normalized spacial score (nSPS) is 19.5. The minimum Gasteiger partial charge on any atom is -0.496 e. The molecule has 0 bridgehead atoms. The van der Waals surface area contributed by atoms with Crippen LogP contribution in [0.2, 0.25) is 0 Å². The fraction of sp³-hybridized carbons (Fsp3) is 0.333. The van der Waals surface area contributed by atoms with Gasteiger partial charge in [0.15, 0.2) is 0 Å². The number of hydrogen-bond acceptors (Lipinski definition) is 3. The molecule has 1 aliphatic rings. The third-order valence-electron chi connectivity index (χ3n) is 2.11. The average Bonchev–Trinajstić information content (AvgIpc) is 2.49. The molecule has 0 saturated heterocycles. The molecule has 0 aliphatic carbocycles. The Hall–Kier alpha value is -0.740. The van der Waals surface area contributed by atoms with Crippen LogP contribution in [0.5, 0.6) is 11.5 Å². The highest BCUT2D eigenvalue weighted by molar-refractivity contribution is 9.10. The zero-order chi connectivity index (χ0) is 9.42. The monoisotopic (exact) mass is 243 g/mol. The lowest BCUT2D eigenvalue weighted by molar-refractivity contribution is 0.333. The van der Waals surface area contributed by atoms with E-state index in [2.05, 4.69) is 15.9 Å². The Morgan fingerprint density at radius 1 is 1.62 bits per heavy atom. The van der Waals surface area contributed by atoms with Crippen molar-refractivity contribution >= 4 is 15.9 Å². The first-order chi connectivity index (χ1) is 6.24. The van der Waals surface area contributed by atoms with Crippen LogP contribution in [0, 0.1) is 0 Å². The van der Waals surface area contributed by atoms with Crippen molar-refractivity contribution in [3.05, 3.63) is 22.2 Å². The van der Waals surface area contributed by atoms with Gasteiger partial charge in [-0.05, 0) is 28.1 Å². The van der Waals surface area contributed by atoms with Crippen LogP contribution in [-0.2, 0) is 0 Å². The van der Waals surface area contributed by atoms with Gasteiger partial charge in [0.25, 0.3) is 0 Å². The minimum absolute atomic E-state index is 0.0560. The van der Waals surface area contributed by atoms with Gasteiger partial charge in [0.1, 0.15) is 18.1 Å². The van der Waals surface area contributed by atoms with Crippen molar-refractivity contribution in [3.63, 3.8) is 0 Å². The zero-order valence-corrected chi connectivity index (χ0v) is 8.80. The molecule has 0 spiro atoms. The smallest absolute Gasteiger partial charge is 0.133 e. The Labute approximate surface area is 85.0 Å². The van der Waals surface area contributed by atoms with Crippen molar-refractivity contribution in [2.24, 2.45) is 5.73 Å². The molecule has 1 atom stereocenters. The fourth-order valence-corrected chi connectivity index (χ4v) is 2.23. The molecule has 2 N–H and O–H groups in total. The lowest BCUT2D eigenvalue weighted by Gasteiger charge is -2.08. The van der Waals surface area contributed by atoms with Crippen molar-refractivity contribution < 1.29 is 9.47 Å². The molecule has 0 saturated carbocycles. The van der Waals surface area contributed by atoms with Gasteiger partial charge in [0.2, 0.25) is 0 Å². The van der Waals surface area contributed by atoms with Crippen LogP contribution in [0.15, 0.2) is 16.6 Å². The summed E-state index contributed by atoms with van der Waals surface area (Å²) in [7, 11) is 1.63. The third kappa shape index (κ3) is 1.30. The lowest BCUT2D eigenvalue weighted by atomic mass is 10.1. The van der Waals surface area contributed by atoms with E-state index in [1.165, 1.54) is 0 Å². The molecule has 1 aliphatic heterocycles. The minimum atomic E-state index is -0.0560. The summed E-state index contributed by atoms with van der Waals surface area (Å²) in [5.41, 5.74) is 6.86. The second kappa shape index (κ2) is 3.20. The largest absolute Gasteiger partial charge is 0.496 e. The maximum atomic E-state index is 5.86. The van der Waals surface area contributed by atoms with Crippen molar-refractivity contribution in [1.82, 2.24) is 0 Å². The standard InChI is InChI=1S/C9H10BrNO2/c1-12-7-3-2-6-8(9(7)10)5(11)4-13-6/h2-3,5H,4,11H2,1H3/t5-/m0/s1. The summed E-state index contributed by atoms with van der Waals surface area (Å²) in [6.07, 6.45) is 0. The molecule has 0 radical (unpaired) electrons. The summed E-state index contributed by atoms with van der Waals surface area (Å²) in [5, 5.41) is 0. The summed E-state index contributed by atoms with van der Waals surface area (Å²) >= 11 is 3.45. The summed E-state index contributed by atoms with van der Waals surface area (Å²) in [5.74, 6) is 1.64. The molecule has 70 valence electrons. The molecule has 4 heteroatoms. The SMILES string of the molecule is COc1ccc2c(c1Br)[C@@H](N)CO2. The van der Waals surface area contributed by atoms with Crippen molar-refractivity contribution in [1.29, 1.82) is 0 Å². The summed E-state index contributed by atoms with van der Waals surface area (Å²) in [6.45, 7) is 0.543. The number of rotatable bonds is 1. The first-order valence-corrected chi connectivity index (χ1v) is 4.78. The van der Waals surface area contributed by atoms with Gasteiger partial charge in [0.05, 0.1) is 17.6 Å². The Balaban J connectivity index is 2.56. The van der Waals surface area contributed by atoms with E-state index in [0.29, 0.717) is 6.61 Å². The topological polar surface area (TPSA) is 44.5 Å². The molecule has 1 aromatic rings. The van der Waals surface area contributed by atoms with E-state index in [1.807, 2.05) is 12.1 Å². The van der Waals surface area contributed by atoms with Gasteiger partial charge in [-0.3, -0.25) is 0 Å². The molecule has 3 nitrogen and oxygen atoms in total. The Bertz CT molecular complexity index is 341. The third-order valence-corrected chi connectivity index (χ3v) is 2.93. The number of fused-ring (bicyclic) bond motifs is 1. The molecular formula is C9H10BrNO2. The van der Waals surface area contributed by atoms with Gasteiger partial charge in [-0.1, -0.05) is 0 Å². The molecule has 1 heterocycles. The van der Waals surface area contributed by atoms with E-state index < -0.39 is 0 Å². The predicted molar refractivity (Wildman–Crippen MR) is 53.1 cm³/mol. The summed E-state index contributed by atoms with van der Waals surface area (Å²) < 4.78 is 11.4. The maximum Gasteiger partial charge on any atom is 0.133 e. The molecule has 0 unspecified atom stereocenters. The Morgan fingerprint density at radius 3 is 3.08 bits per heavy atom. The van der Waals surface area contributed by atoms with E-state index in [0.717, 1.165) is 21.5 Å². The number of methoxy groups -OCH3 is 1. The van der Waals surface area contributed by atoms with E-state index in [-0.39, 0.29) is 6.04 Å². The zero-order valence-electron chi connectivity index (χ0n) is 7.21. The predicted octanol–water partition coefficient (Wildman–Crippen LogP) is 1.85. The van der Waals surface area contributed by atoms with Gasteiger partial charge in [0, 0.05) is 5.56 Å². The lowest BCUT2D eigenvalue weighted by Crippen LogP contribution is -2.11. The van der Waals surface area contributed by atoms with Crippen LogP contribution in [0.3, 0.4) is 0 Å². The maximum absolute atomic E-state index is 5.86. The van der Waals surface area contributed by atoms with E-state index >= 15 is 0 Å². The van der Waals surface area contributed by atoms with Crippen molar-refractivity contribution in [2.45, 2.75) is 6.04 Å². The molecule has 0 amide bonds. The second-order valence-corrected chi connectivity index (χ2v) is 3.70. The first-order valence-electron chi connectivity index (χ1n) is 3.99. The van der Waals surface area contributed by atoms with Gasteiger partial charge in [-0.15, -0.1) is 0 Å². The van der Waals surface area contributed by atoms with Crippen molar-refractivity contribution in [3.8, 4) is 11.5 Å². The summed E-state index contributed by atoms with van der Waals surface area (Å²) in [6, 6.07) is 3.69. The van der Waals surface area contributed by atoms with Crippen LogP contribution in [-0.4, -0.2) is 13.7 Å². The van der Waals surface area contributed by atoms with Crippen molar-refractivity contribution in [2.75, 3.05) is 13.7 Å². The molecule has 1 aromatic carbocycles. The van der Waals surface area contributed by atoms with Crippen LogP contribution in [0.25, 0.3) is 0 Å². The molecule has 13 heavy (non-hydrogen) atoms. The van der Waals surface area contributed by atoms with Gasteiger partial charge < -0.3 is 15.2 Å². The average molecular weight is 244 g/mol. The van der Waals surface area contributed by atoms with Crippen LogP contribution < -0.4 is 15.2 Å². The number of benzene rings is 1. The Kier molecular flexibility index (Phi) is 2.17. The Morgan fingerprint density at radius 2 is 2.38 bits per heavy atom. The second-order valence-electron chi connectivity index (χ2n) is 2.91. The van der Waals surface area contributed by atoms with E-state index in [4.69, 9.17) is 15.2 Å². The number of hydrogen-bond donors (Lipinski definition) is 1. The number of ether oxygens (including phenoxy) is 2. The highest BCUT2D eigenvalue weighted by Gasteiger charge is 2.25. The van der Waals surface area contributed by atoms with Crippen LogP contribution >= 0.6 is 15.9 Å². The molecular weight excluding hydrogens is 234 g/mol. The van der Waals surface area contributed by atoms with Gasteiger partial charge >= 0.3 is 0 Å². The fourth-order valence-electron chi connectivity index (χ4n) is 1.45. The number of nitrogens with two attached hydrogens (primary N) is 1. The highest BCUT2D eigenvalue weighted by Crippen LogP contribution is 2.41. The molecule has 0 fully saturated rings. The molecule has 2 rings (SSSR count). The first kappa shape index (κ1) is 8.84. The van der Waals surface area contributed by atoms with Gasteiger partial charge in [-0.25, -0.2) is 0 Å². The van der Waals surface area contributed by atoms with E-state index in [9.17, 15) is 0 Å². The summed E-state index contributed by atoms with van der Waals surface area (Å²) in [4.78, 5) is 0. The number of halogens is 1. The van der Waals surface area contributed by atoms with Crippen LogP contribution in [0.4, 0.5) is 0 Å². The molecule has 0 aromatic heterocycles.